The lowest BCUT2D eigenvalue weighted by molar-refractivity contribution is -0.129. The number of hydrogen-bond donors (Lipinski definition) is 0. The van der Waals surface area contributed by atoms with E-state index in [9.17, 15) is 23.3 Å². The number of hydrogen-bond acceptors (Lipinski definition) is 8. The van der Waals surface area contributed by atoms with Crippen LogP contribution in [0.4, 0.5) is 0 Å². The summed E-state index contributed by atoms with van der Waals surface area (Å²) in [4.78, 5) is 30.0. The molecule has 3 aromatic rings. The summed E-state index contributed by atoms with van der Waals surface area (Å²) >= 11 is 0. The van der Waals surface area contributed by atoms with Crippen molar-refractivity contribution in [2.24, 2.45) is 12.5 Å². The van der Waals surface area contributed by atoms with Crippen molar-refractivity contribution in [3.05, 3.63) is 86.3 Å². The van der Waals surface area contributed by atoms with E-state index in [-0.39, 0.29) is 33.4 Å². The normalized spacial score (nSPS) is 17.5. The van der Waals surface area contributed by atoms with Crippen LogP contribution in [-0.2, 0) is 34.8 Å². The van der Waals surface area contributed by atoms with Crippen LogP contribution in [0, 0.1) is 30.6 Å². The summed E-state index contributed by atoms with van der Waals surface area (Å²) in [7, 11) is 1.16. The molecule has 0 bridgehead atoms. The molecule has 0 saturated carbocycles. The van der Waals surface area contributed by atoms with Gasteiger partial charge >= 0.3 is 0 Å². The number of carbonyl (C=O) groups excluding carboxylic acids is 1. The van der Waals surface area contributed by atoms with Crippen molar-refractivity contribution in [2.45, 2.75) is 65.4 Å². The van der Waals surface area contributed by atoms with Crippen LogP contribution in [0.2, 0.25) is 0 Å². The minimum atomic E-state index is -3.82. The molecule has 51 heavy (non-hydrogen) atoms. The van der Waals surface area contributed by atoms with Crippen LogP contribution < -0.4 is 15.0 Å². The van der Waals surface area contributed by atoms with E-state index in [1.807, 2.05) is 65.9 Å². The molecule has 0 radical (unpaired) electrons. The minimum absolute atomic E-state index is 0.0346. The van der Waals surface area contributed by atoms with Crippen molar-refractivity contribution in [3.63, 3.8) is 0 Å². The number of methoxy groups -OCH3 is 2. The Labute approximate surface area is 301 Å². The van der Waals surface area contributed by atoms with Gasteiger partial charge in [-0.25, -0.2) is 8.42 Å². The van der Waals surface area contributed by atoms with Crippen LogP contribution in [0.1, 0.15) is 61.6 Å². The number of nitrogens with zero attached hydrogens (tertiary/aromatic N) is 5. The fourth-order valence-electron chi connectivity index (χ4n) is 7.14. The molecule has 0 aliphatic carbocycles. The van der Waals surface area contributed by atoms with Gasteiger partial charge in [-0.2, -0.15) is 9.57 Å². The second kappa shape index (κ2) is 14.7. The van der Waals surface area contributed by atoms with Crippen molar-refractivity contribution in [1.29, 1.82) is 5.26 Å². The van der Waals surface area contributed by atoms with E-state index in [0.29, 0.717) is 62.8 Å². The van der Waals surface area contributed by atoms with E-state index in [2.05, 4.69) is 11.0 Å². The number of sulfonamides is 1. The zero-order chi connectivity index (χ0) is 37.4. The molecule has 2 aromatic carbocycles. The third kappa shape index (κ3) is 7.47. The summed E-state index contributed by atoms with van der Waals surface area (Å²) in [5.74, 6) is 0.965. The van der Waals surface area contributed by atoms with E-state index in [1.54, 1.807) is 53.2 Å². The predicted octanol–water partition coefficient (Wildman–Crippen LogP) is 5.13. The van der Waals surface area contributed by atoms with Crippen molar-refractivity contribution in [3.8, 4) is 28.7 Å². The number of fused-ring (bicyclic) bond motifs is 1. The first kappa shape index (κ1) is 37.8. The average Bonchev–Trinajstić information content (AvgIpc) is 3.10. The first-order valence-electron chi connectivity index (χ1n) is 17.2. The fraction of sp³-hybridized carbons (Fsp3) is 0.462. The van der Waals surface area contributed by atoms with Gasteiger partial charge in [-0.15, -0.1) is 0 Å². The standard InChI is InChI=1S/C39H49N5O6S/c1-25-26(2)37(45)41(7)23-32(25)28-19-34(49-8)33(35(20-28)50-9)24-42-15-17-43(18-16-42)51(47,48)36-12-10-11-30-27(3)44(14-13-31(30)36)38(46)29(22-40)21-39(4,5)6/h10-12,19-21,23,27H,13-18,24H2,1-9H3. The first-order valence-corrected chi connectivity index (χ1v) is 18.7. The average molecular weight is 716 g/mol. The Kier molecular flexibility index (Phi) is 10.9. The molecule has 2 aliphatic rings. The maximum absolute atomic E-state index is 14.1. The van der Waals surface area contributed by atoms with E-state index in [0.717, 1.165) is 33.4 Å². The van der Waals surface area contributed by atoms with Gasteiger partial charge in [0.25, 0.3) is 11.5 Å². The summed E-state index contributed by atoms with van der Waals surface area (Å²) in [6, 6.07) is 10.9. The smallest absolute Gasteiger partial charge is 0.264 e. The fourth-order valence-corrected chi connectivity index (χ4v) is 8.84. The zero-order valence-electron chi connectivity index (χ0n) is 31.2. The number of allylic oxidation sites excluding steroid dienone is 1. The first-order chi connectivity index (χ1) is 24.0. The van der Waals surface area contributed by atoms with E-state index in [4.69, 9.17) is 9.47 Å². The van der Waals surface area contributed by atoms with Gasteiger partial charge in [0.2, 0.25) is 10.0 Å². The lowest BCUT2D eigenvalue weighted by Gasteiger charge is -2.38. The van der Waals surface area contributed by atoms with Crippen molar-refractivity contribution in [1.82, 2.24) is 18.7 Å². The second-order valence-electron chi connectivity index (χ2n) is 14.5. The number of rotatable bonds is 8. The highest BCUT2D eigenvalue weighted by Gasteiger charge is 2.36. The van der Waals surface area contributed by atoms with E-state index < -0.39 is 10.0 Å². The molecule has 1 aromatic heterocycles. The summed E-state index contributed by atoms with van der Waals surface area (Å²) in [6.07, 6.45) is 3.90. The van der Waals surface area contributed by atoms with E-state index >= 15 is 0 Å². The van der Waals surface area contributed by atoms with Crippen LogP contribution in [0.15, 0.2) is 57.9 Å². The Bertz CT molecular complexity index is 2060. The minimum Gasteiger partial charge on any atom is -0.496 e. The second-order valence-corrected chi connectivity index (χ2v) is 16.4. The lowest BCUT2D eigenvalue weighted by atomic mass is 9.91. The number of pyridine rings is 1. The molecule has 12 heteroatoms. The molecule has 1 unspecified atom stereocenters. The number of ether oxygens (including phenoxy) is 2. The highest BCUT2D eigenvalue weighted by Crippen LogP contribution is 2.38. The number of piperazine rings is 1. The van der Waals surface area contributed by atoms with Gasteiger partial charge in [-0.05, 0) is 73.1 Å². The molecule has 11 nitrogen and oxygen atoms in total. The molecule has 1 fully saturated rings. The molecule has 3 heterocycles. The molecule has 5 rings (SSSR count). The Morgan fingerprint density at radius 2 is 1.65 bits per heavy atom. The monoisotopic (exact) mass is 715 g/mol. The Balaban J connectivity index is 1.33. The predicted molar refractivity (Wildman–Crippen MR) is 197 cm³/mol. The van der Waals surface area contributed by atoms with Gasteiger partial charge in [0.05, 0.1) is 30.7 Å². The topological polar surface area (TPSA) is 125 Å². The van der Waals surface area contributed by atoms with Gasteiger partial charge in [-0.1, -0.05) is 39.0 Å². The maximum Gasteiger partial charge on any atom is 0.264 e. The summed E-state index contributed by atoms with van der Waals surface area (Å²) < 4.78 is 43.1. The summed E-state index contributed by atoms with van der Waals surface area (Å²) in [5, 5.41) is 9.73. The molecular formula is C39H49N5O6S. The third-order valence-electron chi connectivity index (χ3n) is 10.1. The van der Waals surface area contributed by atoms with Crippen LogP contribution in [0.5, 0.6) is 11.5 Å². The quantitative estimate of drug-likeness (QED) is 0.232. The number of benzene rings is 2. The van der Waals surface area contributed by atoms with Crippen LogP contribution >= 0.6 is 0 Å². The van der Waals surface area contributed by atoms with Gasteiger partial charge < -0.3 is 18.9 Å². The molecule has 1 amide bonds. The number of amides is 1. The highest BCUT2D eigenvalue weighted by atomic mass is 32.2. The van der Waals surface area contributed by atoms with Crippen LogP contribution in [0.3, 0.4) is 0 Å². The zero-order valence-corrected chi connectivity index (χ0v) is 32.0. The van der Waals surface area contributed by atoms with Gasteiger partial charge in [0, 0.05) is 63.6 Å². The number of carbonyl (C=O) groups is 1. The van der Waals surface area contributed by atoms with Gasteiger partial charge in [0.1, 0.15) is 23.1 Å². The molecule has 1 atom stereocenters. The number of nitriles is 1. The number of aryl methyl sites for hydroxylation is 1. The Morgan fingerprint density at radius 1 is 1.02 bits per heavy atom. The maximum atomic E-state index is 14.1. The van der Waals surface area contributed by atoms with Crippen LogP contribution in [-0.4, -0.2) is 79.9 Å². The molecule has 0 N–H and O–H groups in total. The molecule has 272 valence electrons. The van der Waals surface area contributed by atoms with Crippen LogP contribution in [0.25, 0.3) is 11.1 Å². The third-order valence-corrected chi connectivity index (χ3v) is 12.0. The molecule has 2 aliphatic heterocycles. The SMILES string of the molecule is COc1cc(-c2cn(C)c(=O)c(C)c2C)cc(OC)c1CN1CCN(S(=O)(=O)c2cccc3c2CCN(C(=O)C(C#N)=CC(C)(C)C)C3C)CC1. The Hall–Kier alpha value is -4.44. The molecule has 1 saturated heterocycles. The van der Waals surface area contributed by atoms with Gasteiger partial charge in [0.15, 0.2) is 0 Å². The van der Waals surface area contributed by atoms with Gasteiger partial charge in [-0.3, -0.25) is 14.5 Å². The van der Waals surface area contributed by atoms with Crippen molar-refractivity contribution >= 4 is 15.9 Å². The molecule has 0 spiro atoms. The number of aromatic nitrogens is 1. The highest BCUT2D eigenvalue weighted by molar-refractivity contribution is 7.89. The van der Waals surface area contributed by atoms with Crippen molar-refractivity contribution < 1.29 is 22.7 Å². The van der Waals surface area contributed by atoms with Crippen molar-refractivity contribution in [2.75, 3.05) is 46.9 Å². The summed E-state index contributed by atoms with van der Waals surface area (Å²) in [5.41, 5.74) is 5.47. The van der Waals surface area contributed by atoms with E-state index in [1.165, 1.54) is 0 Å². The largest absolute Gasteiger partial charge is 0.496 e. The molecular weight excluding hydrogens is 667 g/mol. The summed E-state index contributed by atoms with van der Waals surface area (Å²) in [6.45, 7) is 13.9. The lowest BCUT2D eigenvalue weighted by Crippen LogP contribution is -2.48. The Morgan fingerprint density at radius 3 is 2.22 bits per heavy atom.